The van der Waals surface area contributed by atoms with Crippen LogP contribution in [0.25, 0.3) is 0 Å². The predicted molar refractivity (Wildman–Crippen MR) is 99.7 cm³/mol. The smallest absolute Gasteiger partial charge is 0.0745 e. The first-order valence-electron chi connectivity index (χ1n) is 8.87. The Balaban J connectivity index is 1.55. The van der Waals surface area contributed by atoms with Crippen molar-refractivity contribution >= 4 is 11.6 Å². The van der Waals surface area contributed by atoms with Gasteiger partial charge in [-0.3, -0.25) is 4.90 Å². The number of aliphatic hydroxyl groups is 2. The van der Waals surface area contributed by atoms with Crippen molar-refractivity contribution in [1.82, 2.24) is 4.90 Å². The summed E-state index contributed by atoms with van der Waals surface area (Å²) in [5.41, 5.74) is 3.43. The van der Waals surface area contributed by atoms with Crippen molar-refractivity contribution in [3.05, 3.63) is 70.2 Å². The molecule has 0 unspecified atom stereocenters. The first-order valence-corrected chi connectivity index (χ1v) is 9.25. The van der Waals surface area contributed by atoms with Crippen molar-refractivity contribution in [1.29, 1.82) is 0 Å². The average molecular weight is 358 g/mol. The average Bonchev–Trinajstić information content (AvgIpc) is 3.14. The van der Waals surface area contributed by atoms with Gasteiger partial charge in [-0.05, 0) is 47.6 Å². The number of rotatable bonds is 4. The molecule has 2 N–H and O–H groups in total. The van der Waals surface area contributed by atoms with Crippen LogP contribution in [0, 0.1) is 18.3 Å². The second-order valence-electron chi connectivity index (χ2n) is 7.55. The van der Waals surface area contributed by atoms with Gasteiger partial charge in [-0.2, -0.15) is 0 Å². The summed E-state index contributed by atoms with van der Waals surface area (Å²) in [5, 5.41) is 21.5. The maximum absolute atomic E-state index is 10.8. The molecule has 0 bridgehead atoms. The van der Waals surface area contributed by atoms with E-state index in [0.717, 1.165) is 18.1 Å². The number of β-amino-alcohol motifs (C(OH)–C–C–N with tert-alkyl or cyclic N) is 1. The summed E-state index contributed by atoms with van der Waals surface area (Å²) < 4.78 is 0. The number of benzene rings is 2. The lowest BCUT2D eigenvalue weighted by Gasteiger charge is -2.18. The molecule has 1 heterocycles. The number of hydrogen-bond donors (Lipinski definition) is 2. The molecule has 25 heavy (non-hydrogen) atoms. The van der Waals surface area contributed by atoms with E-state index >= 15 is 0 Å². The first-order chi connectivity index (χ1) is 12.1. The molecule has 1 saturated heterocycles. The van der Waals surface area contributed by atoms with E-state index in [0.29, 0.717) is 6.54 Å². The molecule has 4 rings (SSSR count). The quantitative estimate of drug-likeness (QED) is 0.883. The molecule has 0 aromatic heterocycles. The Labute approximate surface area is 153 Å². The molecule has 1 spiro atoms. The fraction of sp³-hybridized carbons (Fsp3) is 0.429. The number of halogens is 1. The molecular weight excluding hydrogens is 334 g/mol. The number of nitrogens with zero attached hydrogens (tertiary/aromatic N) is 1. The van der Waals surface area contributed by atoms with Gasteiger partial charge >= 0.3 is 0 Å². The van der Waals surface area contributed by atoms with Gasteiger partial charge in [0, 0.05) is 36.7 Å². The Morgan fingerprint density at radius 2 is 1.96 bits per heavy atom. The molecule has 2 aromatic rings. The molecule has 4 atom stereocenters. The molecule has 1 saturated carbocycles. The summed E-state index contributed by atoms with van der Waals surface area (Å²) in [5.74, 6) is 0.381. The van der Waals surface area contributed by atoms with Crippen LogP contribution in [-0.2, 0) is 6.54 Å². The second kappa shape index (κ2) is 6.40. The minimum Gasteiger partial charge on any atom is -0.396 e. The third kappa shape index (κ3) is 2.80. The van der Waals surface area contributed by atoms with Crippen LogP contribution in [0.1, 0.15) is 22.6 Å². The number of aliphatic hydroxyl groups excluding tert-OH is 2. The van der Waals surface area contributed by atoms with E-state index in [1.54, 1.807) is 0 Å². The minimum atomic E-state index is -0.400. The van der Waals surface area contributed by atoms with Gasteiger partial charge in [0.05, 0.1) is 6.10 Å². The number of aryl methyl sites for hydroxylation is 1. The van der Waals surface area contributed by atoms with Gasteiger partial charge in [0.2, 0.25) is 0 Å². The van der Waals surface area contributed by atoms with Gasteiger partial charge in [-0.1, -0.05) is 48.0 Å². The molecule has 1 aliphatic heterocycles. The molecule has 1 aliphatic carbocycles. The van der Waals surface area contributed by atoms with Crippen LogP contribution in [0.2, 0.25) is 5.02 Å². The van der Waals surface area contributed by atoms with E-state index in [1.807, 2.05) is 30.3 Å². The standard InChI is InChI=1S/C21H24ClNO2/c1-14-9-17(22)8-7-16(14)10-23-11-19(25)21(13-23)18(12-24)20(21)15-5-3-2-4-6-15/h2-9,18-20,24-25H,10-13H2,1H3/t18-,19-,20-,21-/m1/s1. The van der Waals surface area contributed by atoms with Gasteiger partial charge in [-0.15, -0.1) is 0 Å². The lowest BCUT2D eigenvalue weighted by molar-refractivity contribution is 0.111. The van der Waals surface area contributed by atoms with Crippen LogP contribution in [0.15, 0.2) is 48.5 Å². The highest BCUT2D eigenvalue weighted by molar-refractivity contribution is 6.30. The van der Waals surface area contributed by atoms with E-state index < -0.39 is 6.10 Å². The van der Waals surface area contributed by atoms with Crippen LogP contribution < -0.4 is 0 Å². The van der Waals surface area contributed by atoms with Gasteiger partial charge in [-0.25, -0.2) is 0 Å². The Kier molecular flexibility index (Phi) is 4.37. The highest BCUT2D eigenvalue weighted by Crippen LogP contribution is 2.68. The summed E-state index contributed by atoms with van der Waals surface area (Å²) in [4.78, 5) is 2.31. The van der Waals surface area contributed by atoms with E-state index in [2.05, 4.69) is 30.0 Å². The minimum absolute atomic E-state index is 0.129. The summed E-state index contributed by atoms with van der Waals surface area (Å²) in [7, 11) is 0. The topological polar surface area (TPSA) is 43.7 Å². The van der Waals surface area contributed by atoms with Crippen LogP contribution in [0.3, 0.4) is 0 Å². The zero-order chi connectivity index (χ0) is 17.6. The largest absolute Gasteiger partial charge is 0.396 e. The Morgan fingerprint density at radius 3 is 2.64 bits per heavy atom. The van der Waals surface area contributed by atoms with Crippen molar-refractivity contribution in [3.63, 3.8) is 0 Å². The SMILES string of the molecule is Cc1cc(Cl)ccc1CN1C[C@@H](O)[C@@]2(C1)[C@H](CO)[C@H]2c1ccccc1. The van der Waals surface area contributed by atoms with Crippen LogP contribution >= 0.6 is 11.6 Å². The van der Waals surface area contributed by atoms with E-state index in [-0.39, 0.29) is 23.9 Å². The zero-order valence-electron chi connectivity index (χ0n) is 14.4. The predicted octanol–water partition coefficient (Wildman–Crippen LogP) is 3.22. The third-order valence-electron chi connectivity index (χ3n) is 6.17. The molecule has 132 valence electrons. The van der Waals surface area contributed by atoms with Crippen LogP contribution in [-0.4, -0.2) is 40.9 Å². The summed E-state index contributed by atoms with van der Waals surface area (Å²) in [6.45, 7) is 4.48. The number of likely N-dealkylation sites (tertiary alicyclic amines) is 1. The molecule has 2 aromatic carbocycles. The van der Waals surface area contributed by atoms with Crippen LogP contribution in [0.4, 0.5) is 0 Å². The van der Waals surface area contributed by atoms with Crippen molar-refractivity contribution in [3.8, 4) is 0 Å². The van der Waals surface area contributed by atoms with Crippen LogP contribution in [0.5, 0.6) is 0 Å². The molecule has 3 nitrogen and oxygen atoms in total. The molecule has 0 amide bonds. The van der Waals surface area contributed by atoms with E-state index in [1.165, 1.54) is 16.7 Å². The van der Waals surface area contributed by atoms with Gasteiger partial charge in [0.25, 0.3) is 0 Å². The van der Waals surface area contributed by atoms with E-state index in [4.69, 9.17) is 11.6 Å². The summed E-state index contributed by atoms with van der Waals surface area (Å²) in [6.07, 6.45) is -0.400. The van der Waals surface area contributed by atoms with Gasteiger partial charge < -0.3 is 10.2 Å². The molecule has 2 fully saturated rings. The van der Waals surface area contributed by atoms with E-state index in [9.17, 15) is 10.2 Å². The van der Waals surface area contributed by atoms with Crippen molar-refractivity contribution in [2.75, 3.05) is 19.7 Å². The second-order valence-corrected chi connectivity index (χ2v) is 7.98. The molecular formula is C21H24ClNO2. The fourth-order valence-corrected chi connectivity index (χ4v) is 5.09. The van der Waals surface area contributed by atoms with Crippen molar-refractivity contribution < 1.29 is 10.2 Å². The lowest BCUT2D eigenvalue weighted by atomic mass is 9.95. The maximum atomic E-state index is 10.8. The highest BCUT2D eigenvalue weighted by atomic mass is 35.5. The first kappa shape index (κ1) is 17.0. The van der Waals surface area contributed by atoms with Gasteiger partial charge in [0.1, 0.15) is 0 Å². The fourth-order valence-electron chi connectivity index (χ4n) is 4.86. The van der Waals surface area contributed by atoms with Crippen molar-refractivity contribution in [2.45, 2.75) is 25.5 Å². The molecule has 2 aliphatic rings. The zero-order valence-corrected chi connectivity index (χ0v) is 15.2. The summed E-state index contributed by atoms with van der Waals surface area (Å²) in [6, 6.07) is 16.3. The normalized spacial score (nSPS) is 31.6. The molecule has 4 heteroatoms. The Morgan fingerprint density at radius 1 is 1.20 bits per heavy atom. The Bertz CT molecular complexity index is 766. The molecule has 0 radical (unpaired) electrons. The number of hydrogen-bond acceptors (Lipinski definition) is 3. The highest BCUT2D eigenvalue weighted by Gasteiger charge is 2.70. The Hall–Kier alpha value is -1.39. The monoisotopic (exact) mass is 357 g/mol. The van der Waals surface area contributed by atoms with Crippen molar-refractivity contribution in [2.24, 2.45) is 11.3 Å². The lowest BCUT2D eigenvalue weighted by Crippen LogP contribution is -2.23. The maximum Gasteiger partial charge on any atom is 0.0745 e. The summed E-state index contributed by atoms with van der Waals surface area (Å²) >= 11 is 6.06. The van der Waals surface area contributed by atoms with Gasteiger partial charge in [0.15, 0.2) is 0 Å². The third-order valence-corrected chi connectivity index (χ3v) is 6.40.